The monoisotopic (exact) mass is 315 g/mol. The maximum Gasteiger partial charge on any atom is 0.282 e. The number of nitrogens with zero attached hydrogens (tertiary/aromatic N) is 2. The van der Waals surface area contributed by atoms with Crippen LogP contribution in [0, 0.1) is 11.8 Å². The first-order chi connectivity index (χ1) is 9.45. The quantitative estimate of drug-likeness (QED) is 0.799. The fourth-order valence-electron chi connectivity index (χ4n) is 1.73. The molecule has 0 unspecified atom stereocenters. The van der Waals surface area contributed by atoms with Crippen LogP contribution in [0.4, 0.5) is 0 Å². The number of rotatable bonds is 6. The maximum absolute atomic E-state index is 12.3. The van der Waals surface area contributed by atoms with Gasteiger partial charge in [0.1, 0.15) is 0 Å². The SMILES string of the molecule is CCN(CC)S(=O)(=O)N(C)Cc1cc(C#CCN)cs1. The predicted molar refractivity (Wildman–Crippen MR) is 83.6 cm³/mol. The maximum atomic E-state index is 12.3. The highest BCUT2D eigenvalue weighted by Crippen LogP contribution is 2.18. The van der Waals surface area contributed by atoms with Crippen molar-refractivity contribution in [1.82, 2.24) is 8.61 Å². The van der Waals surface area contributed by atoms with Crippen molar-refractivity contribution < 1.29 is 8.42 Å². The van der Waals surface area contributed by atoms with E-state index in [1.54, 1.807) is 7.05 Å². The molecule has 0 aliphatic carbocycles. The van der Waals surface area contributed by atoms with Gasteiger partial charge in [-0.1, -0.05) is 25.7 Å². The van der Waals surface area contributed by atoms with Gasteiger partial charge in [0.05, 0.1) is 6.54 Å². The molecule has 20 heavy (non-hydrogen) atoms. The molecule has 0 radical (unpaired) electrons. The fraction of sp³-hybridized carbons (Fsp3) is 0.538. The Morgan fingerprint density at radius 1 is 1.35 bits per heavy atom. The number of hydrogen-bond donors (Lipinski definition) is 1. The van der Waals surface area contributed by atoms with Crippen LogP contribution in [0.2, 0.25) is 0 Å². The van der Waals surface area contributed by atoms with Crippen molar-refractivity contribution in [2.45, 2.75) is 20.4 Å². The average molecular weight is 315 g/mol. The van der Waals surface area contributed by atoms with Crippen LogP contribution in [-0.4, -0.2) is 43.7 Å². The van der Waals surface area contributed by atoms with E-state index in [4.69, 9.17) is 5.73 Å². The summed E-state index contributed by atoms with van der Waals surface area (Å²) in [6.45, 7) is 5.29. The van der Waals surface area contributed by atoms with Gasteiger partial charge >= 0.3 is 0 Å². The third kappa shape index (κ3) is 4.30. The van der Waals surface area contributed by atoms with Crippen LogP contribution >= 0.6 is 11.3 Å². The molecule has 0 aliphatic rings. The summed E-state index contributed by atoms with van der Waals surface area (Å²) in [7, 11) is -1.79. The summed E-state index contributed by atoms with van der Waals surface area (Å²) in [5.74, 6) is 5.72. The summed E-state index contributed by atoms with van der Waals surface area (Å²) in [5.41, 5.74) is 6.20. The second kappa shape index (κ2) is 7.76. The molecule has 0 fully saturated rings. The average Bonchev–Trinajstić information content (AvgIpc) is 2.85. The summed E-state index contributed by atoms with van der Waals surface area (Å²) in [6.07, 6.45) is 0. The zero-order chi connectivity index (χ0) is 15.2. The molecular formula is C13H21N3O2S2. The van der Waals surface area contributed by atoms with Crippen molar-refractivity contribution in [2.75, 3.05) is 26.7 Å². The van der Waals surface area contributed by atoms with Crippen molar-refractivity contribution in [3.05, 3.63) is 21.9 Å². The van der Waals surface area contributed by atoms with Crippen LogP contribution < -0.4 is 5.73 Å². The molecule has 0 aromatic carbocycles. The van der Waals surface area contributed by atoms with E-state index in [0.717, 1.165) is 10.4 Å². The smallest absolute Gasteiger partial charge is 0.282 e. The summed E-state index contributed by atoms with van der Waals surface area (Å²) >= 11 is 1.50. The molecule has 0 saturated carbocycles. The second-order valence-corrected chi connectivity index (χ2v) is 7.19. The second-order valence-electron chi connectivity index (χ2n) is 4.16. The Morgan fingerprint density at radius 2 is 2.00 bits per heavy atom. The standard InChI is InChI=1S/C13H21N3O2S2/c1-4-16(5-2)20(17,18)15(3)10-13-9-12(11-19-13)7-6-8-14/h9,11H,4-5,8,10,14H2,1-3H3. The van der Waals surface area contributed by atoms with E-state index in [0.29, 0.717) is 26.2 Å². The van der Waals surface area contributed by atoms with Gasteiger partial charge < -0.3 is 5.73 Å². The first-order valence-corrected chi connectivity index (χ1v) is 8.71. The lowest BCUT2D eigenvalue weighted by Crippen LogP contribution is -2.41. The first-order valence-electron chi connectivity index (χ1n) is 6.43. The molecule has 0 saturated heterocycles. The van der Waals surface area contributed by atoms with E-state index < -0.39 is 10.2 Å². The first kappa shape index (κ1) is 17.1. The summed E-state index contributed by atoms with van der Waals surface area (Å²) in [5, 5.41) is 1.91. The van der Waals surface area contributed by atoms with Gasteiger partial charge in [0.2, 0.25) is 0 Å². The largest absolute Gasteiger partial charge is 0.320 e. The van der Waals surface area contributed by atoms with E-state index in [9.17, 15) is 8.42 Å². The van der Waals surface area contributed by atoms with E-state index in [-0.39, 0.29) is 0 Å². The van der Waals surface area contributed by atoms with Crippen LogP contribution in [0.3, 0.4) is 0 Å². The van der Waals surface area contributed by atoms with Crippen LogP contribution in [0.15, 0.2) is 11.4 Å². The number of thiophene rings is 1. The van der Waals surface area contributed by atoms with Gasteiger partial charge in [-0.2, -0.15) is 17.0 Å². The Morgan fingerprint density at radius 3 is 2.55 bits per heavy atom. The number of nitrogens with two attached hydrogens (primary N) is 1. The van der Waals surface area contributed by atoms with Crippen LogP contribution in [0.1, 0.15) is 24.3 Å². The molecule has 1 rings (SSSR count). The zero-order valence-corrected chi connectivity index (χ0v) is 13.7. The molecule has 2 N–H and O–H groups in total. The van der Waals surface area contributed by atoms with Crippen molar-refractivity contribution in [3.8, 4) is 11.8 Å². The Hall–Kier alpha value is -0.910. The van der Waals surface area contributed by atoms with E-state index >= 15 is 0 Å². The van der Waals surface area contributed by atoms with Gasteiger partial charge in [0, 0.05) is 42.5 Å². The summed E-state index contributed by atoms with van der Waals surface area (Å²) in [6, 6.07) is 1.90. The molecule has 0 spiro atoms. The van der Waals surface area contributed by atoms with E-state index in [2.05, 4.69) is 11.8 Å². The molecule has 1 aromatic rings. The highest BCUT2D eigenvalue weighted by molar-refractivity contribution is 7.86. The molecular weight excluding hydrogens is 294 g/mol. The molecule has 0 aliphatic heterocycles. The van der Waals surface area contributed by atoms with Crippen molar-refractivity contribution >= 4 is 21.5 Å². The molecule has 0 bridgehead atoms. The summed E-state index contributed by atoms with van der Waals surface area (Å²) in [4.78, 5) is 0.963. The Labute approximate surface area is 125 Å². The summed E-state index contributed by atoms with van der Waals surface area (Å²) < 4.78 is 27.4. The Kier molecular flexibility index (Phi) is 6.65. The van der Waals surface area contributed by atoms with Gasteiger partial charge in [-0.05, 0) is 6.07 Å². The highest BCUT2D eigenvalue weighted by Gasteiger charge is 2.24. The molecule has 1 heterocycles. The minimum absolute atomic E-state index is 0.321. The lowest BCUT2D eigenvalue weighted by molar-refractivity contribution is 0.376. The van der Waals surface area contributed by atoms with Crippen LogP contribution in [0.25, 0.3) is 0 Å². The van der Waals surface area contributed by atoms with Gasteiger partial charge in [-0.15, -0.1) is 11.3 Å². The molecule has 5 nitrogen and oxygen atoms in total. The van der Waals surface area contributed by atoms with Crippen molar-refractivity contribution in [2.24, 2.45) is 5.73 Å². The Bertz CT molecular complexity index is 580. The van der Waals surface area contributed by atoms with E-state index in [1.807, 2.05) is 25.3 Å². The molecule has 112 valence electrons. The van der Waals surface area contributed by atoms with Gasteiger partial charge in [-0.25, -0.2) is 0 Å². The number of hydrogen-bond acceptors (Lipinski definition) is 4. The minimum atomic E-state index is -3.39. The van der Waals surface area contributed by atoms with Crippen molar-refractivity contribution in [3.63, 3.8) is 0 Å². The van der Waals surface area contributed by atoms with Crippen LogP contribution in [0.5, 0.6) is 0 Å². The van der Waals surface area contributed by atoms with Gasteiger partial charge in [0.15, 0.2) is 0 Å². The van der Waals surface area contributed by atoms with Gasteiger partial charge in [0.25, 0.3) is 10.2 Å². The lowest BCUT2D eigenvalue weighted by atomic mass is 10.3. The highest BCUT2D eigenvalue weighted by atomic mass is 32.2. The topological polar surface area (TPSA) is 66.6 Å². The van der Waals surface area contributed by atoms with Gasteiger partial charge in [-0.3, -0.25) is 0 Å². The minimum Gasteiger partial charge on any atom is -0.320 e. The fourth-order valence-corrected chi connectivity index (χ4v) is 4.03. The molecule has 1 aromatic heterocycles. The normalized spacial score (nSPS) is 11.7. The molecule has 7 heteroatoms. The zero-order valence-electron chi connectivity index (χ0n) is 12.1. The lowest BCUT2D eigenvalue weighted by Gasteiger charge is -2.25. The molecule has 0 amide bonds. The predicted octanol–water partition coefficient (Wildman–Crippen LogP) is 1.08. The van der Waals surface area contributed by atoms with Crippen LogP contribution in [-0.2, 0) is 16.8 Å². The van der Waals surface area contributed by atoms with E-state index in [1.165, 1.54) is 19.9 Å². The Balaban J connectivity index is 2.80. The third-order valence-corrected chi connectivity index (χ3v) is 5.80. The third-order valence-electron chi connectivity index (χ3n) is 2.79. The molecule has 0 atom stereocenters. The van der Waals surface area contributed by atoms with Crippen molar-refractivity contribution in [1.29, 1.82) is 0 Å².